The van der Waals surface area contributed by atoms with E-state index in [0.29, 0.717) is 11.5 Å². The summed E-state index contributed by atoms with van der Waals surface area (Å²) in [6.07, 6.45) is 10.5. The molecule has 3 nitrogen and oxygen atoms in total. The molecule has 0 aliphatic carbocycles. The quantitative estimate of drug-likeness (QED) is 0.535. The van der Waals surface area contributed by atoms with E-state index in [1.165, 1.54) is 44.9 Å². The summed E-state index contributed by atoms with van der Waals surface area (Å²) >= 11 is 0. The highest BCUT2D eigenvalue weighted by Crippen LogP contribution is 2.36. The Morgan fingerprint density at radius 3 is 2.14 bits per heavy atom. The van der Waals surface area contributed by atoms with E-state index in [1.807, 2.05) is 18.2 Å². The highest BCUT2D eigenvalue weighted by molar-refractivity contribution is 5.47. The zero-order chi connectivity index (χ0) is 16.2. The summed E-state index contributed by atoms with van der Waals surface area (Å²) in [6.45, 7) is 2.24. The molecule has 126 valence electrons. The van der Waals surface area contributed by atoms with Gasteiger partial charge in [0.2, 0.25) is 0 Å². The lowest BCUT2D eigenvalue weighted by Crippen LogP contribution is -2.02. The van der Waals surface area contributed by atoms with Gasteiger partial charge in [0, 0.05) is 5.56 Å². The highest BCUT2D eigenvalue weighted by Gasteiger charge is 2.16. The Kier molecular flexibility index (Phi) is 9.72. The van der Waals surface area contributed by atoms with Crippen molar-refractivity contribution in [1.82, 2.24) is 0 Å². The van der Waals surface area contributed by atoms with Gasteiger partial charge < -0.3 is 14.6 Å². The zero-order valence-electron chi connectivity index (χ0n) is 14.4. The fraction of sp³-hybridized carbons (Fsp3) is 0.684. The summed E-state index contributed by atoms with van der Waals surface area (Å²) in [5, 5.41) is 10.4. The Morgan fingerprint density at radius 2 is 1.55 bits per heavy atom. The molecule has 0 spiro atoms. The van der Waals surface area contributed by atoms with Crippen molar-refractivity contribution in [2.75, 3.05) is 14.2 Å². The number of ether oxygens (including phenoxy) is 2. The van der Waals surface area contributed by atoms with Crippen molar-refractivity contribution in [3.8, 4) is 11.5 Å². The van der Waals surface area contributed by atoms with Crippen molar-refractivity contribution < 1.29 is 14.6 Å². The number of hydrogen-bond acceptors (Lipinski definition) is 3. The maximum atomic E-state index is 10.4. The van der Waals surface area contributed by atoms with Crippen molar-refractivity contribution in [3.05, 3.63) is 23.8 Å². The van der Waals surface area contributed by atoms with E-state index < -0.39 is 6.10 Å². The summed E-state index contributed by atoms with van der Waals surface area (Å²) in [5.74, 6) is 1.33. The number of hydrogen-bond donors (Lipinski definition) is 1. The second-order valence-corrected chi connectivity index (χ2v) is 5.86. The molecule has 0 saturated carbocycles. The lowest BCUT2D eigenvalue weighted by atomic mass is 10.0. The van der Waals surface area contributed by atoms with E-state index in [1.54, 1.807) is 14.2 Å². The molecule has 1 aromatic rings. The first-order chi connectivity index (χ1) is 10.7. The van der Waals surface area contributed by atoms with Crippen molar-refractivity contribution >= 4 is 0 Å². The molecule has 3 heteroatoms. The minimum absolute atomic E-state index is 0.481. The Balaban J connectivity index is 2.32. The predicted molar refractivity (Wildman–Crippen MR) is 91.7 cm³/mol. The third kappa shape index (κ3) is 6.27. The summed E-state index contributed by atoms with van der Waals surface area (Å²) in [5.41, 5.74) is 0.824. The monoisotopic (exact) mass is 308 g/mol. The second-order valence-electron chi connectivity index (χ2n) is 5.86. The molecule has 0 radical (unpaired) electrons. The third-order valence-corrected chi connectivity index (χ3v) is 4.12. The Morgan fingerprint density at radius 1 is 0.909 bits per heavy atom. The molecule has 0 aliphatic rings. The Hall–Kier alpha value is -1.22. The summed E-state index contributed by atoms with van der Waals surface area (Å²) in [4.78, 5) is 0. The van der Waals surface area contributed by atoms with Gasteiger partial charge in [-0.3, -0.25) is 0 Å². The maximum absolute atomic E-state index is 10.4. The minimum atomic E-state index is -0.481. The van der Waals surface area contributed by atoms with Crippen LogP contribution in [0.4, 0.5) is 0 Å². The average molecular weight is 308 g/mol. The molecular formula is C19H32O3. The molecule has 1 rings (SSSR count). The van der Waals surface area contributed by atoms with Crippen LogP contribution in [0, 0.1) is 0 Å². The third-order valence-electron chi connectivity index (χ3n) is 4.12. The van der Waals surface area contributed by atoms with Crippen LogP contribution in [-0.2, 0) is 0 Å². The topological polar surface area (TPSA) is 38.7 Å². The van der Waals surface area contributed by atoms with Gasteiger partial charge in [-0.05, 0) is 12.5 Å². The van der Waals surface area contributed by atoms with Crippen LogP contribution in [0.15, 0.2) is 18.2 Å². The van der Waals surface area contributed by atoms with Crippen LogP contribution in [0.3, 0.4) is 0 Å². The number of rotatable bonds is 12. The second kappa shape index (κ2) is 11.4. The van der Waals surface area contributed by atoms with Gasteiger partial charge in [-0.25, -0.2) is 0 Å². The maximum Gasteiger partial charge on any atom is 0.166 e. The van der Waals surface area contributed by atoms with Gasteiger partial charge in [-0.15, -0.1) is 0 Å². The van der Waals surface area contributed by atoms with E-state index in [2.05, 4.69) is 6.92 Å². The van der Waals surface area contributed by atoms with Gasteiger partial charge in [0.25, 0.3) is 0 Å². The largest absolute Gasteiger partial charge is 0.493 e. The molecular weight excluding hydrogens is 276 g/mol. The number of benzene rings is 1. The van der Waals surface area contributed by atoms with Crippen LogP contribution in [0.1, 0.15) is 76.4 Å². The molecule has 0 saturated heterocycles. The highest BCUT2D eigenvalue weighted by atomic mass is 16.5. The SMILES string of the molecule is CCCCCCCCCC[C@@H](O)c1cccc(OC)c1OC. The zero-order valence-corrected chi connectivity index (χ0v) is 14.4. The van der Waals surface area contributed by atoms with Crippen LogP contribution in [-0.4, -0.2) is 19.3 Å². The Bertz CT molecular complexity index is 404. The molecule has 0 amide bonds. The molecule has 0 aliphatic heterocycles. The van der Waals surface area contributed by atoms with Crippen LogP contribution < -0.4 is 9.47 Å². The number of aliphatic hydroxyl groups excluding tert-OH is 1. The smallest absolute Gasteiger partial charge is 0.166 e. The molecule has 0 aromatic heterocycles. The van der Waals surface area contributed by atoms with Gasteiger partial charge in [0.15, 0.2) is 11.5 Å². The van der Waals surface area contributed by atoms with E-state index in [4.69, 9.17) is 9.47 Å². The van der Waals surface area contributed by atoms with E-state index in [0.717, 1.165) is 18.4 Å². The number of para-hydroxylation sites is 1. The van der Waals surface area contributed by atoms with Crippen LogP contribution >= 0.6 is 0 Å². The molecule has 22 heavy (non-hydrogen) atoms. The van der Waals surface area contributed by atoms with Gasteiger partial charge in [-0.1, -0.05) is 70.4 Å². The predicted octanol–water partition coefficient (Wildman–Crippen LogP) is 5.27. The molecule has 1 aromatic carbocycles. The summed E-state index contributed by atoms with van der Waals surface area (Å²) < 4.78 is 10.7. The van der Waals surface area contributed by atoms with Crippen molar-refractivity contribution in [2.24, 2.45) is 0 Å². The average Bonchev–Trinajstić information content (AvgIpc) is 2.56. The number of methoxy groups -OCH3 is 2. The molecule has 0 unspecified atom stereocenters. The van der Waals surface area contributed by atoms with Gasteiger partial charge in [0.1, 0.15) is 0 Å². The first kappa shape index (κ1) is 18.8. The van der Waals surface area contributed by atoms with Crippen molar-refractivity contribution in [3.63, 3.8) is 0 Å². The lowest BCUT2D eigenvalue weighted by Gasteiger charge is -2.17. The molecule has 0 heterocycles. The van der Waals surface area contributed by atoms with Crippen LogP contribution in [0.5, 0.6) is 11.5 Å². The Labute approximate surface area is 135 Å². The first-order valence-corrected chi connectivity index (χ1v) is 8.63. The van der Waals surface area contributed by atoms with E-state index in [-0.39, 0.29) is 0 Å². The van der Waals surface area contributed by atoms with Crippen molar-refractivity contribution in [1.29, 1.82) is 0 Å². The van der Waals surface area contributed by atoms with Gasteiger partial charge in [0.05, 0.1) is 20.3 Å². The van der Waals surface area contributed by atoms with E-state index in [9.17, 15) is 5.11 Å². The summed E-state index contributed by atoms with van der Waals surface area (Å²) in [6, 6.07) is 5.66. The fourth-order valence-electron chi connectivity index (χ4n) is 2.80. The molecule has 0 fully saturated rings. The van der Waals surface area contributed by atoms with E-state index >= 15 is 0 Å². The molecule has 0 bridgehead atoms. The van der Waals surface area contributed by atoms with Crippen molar-refractivity contribution in [2.45, 2.75) is 70.8 Å². The number of aliphatic hydroxyl groups is 1. The van der Waals surface area contributed by atoms with Gasteiger partial charge in [-0.2, -0.15) is 0 Å². The molecule has 1 atom stereocenters. The summed E-state index contributed by atoms with van der Waals surface area (Å²) in [7, 11) is 3.23. The lowest BCUT2D eigenvalue weighted by molar-refractivity contribution is 0.158. The van der Waals surface area contributed by atoms with Gasteiger partial charge >= 0.3 is 0 Å². The number of unbranched alkanes of at least 4 members (excludes halogenated alkanes) is 7. The molecule has 1 N–H and O–H groups in total. The van der Waals surface area contributed by atoms with Crippen LogP contribution in [0.25, 0.3) is 0 Å². The van der Waals surface area contributed by atoms with Crippen LogP contribution in [0.2, 0.25) is 0 Å². The standard InChI is InChI=1S/C19H32O3/c1-4-5-6-7-8-9-10-11-14-17(20)16-13-12-15-18(21-2)19(16)22-3/h12-13,15,17,20H,4-11,14H2,1-3H3/t17-/m1/s1. The fourth-order valence-corrected chi connectivity index (χ4v) is 2.80. The normalized spacial score (nSPS) is 12.2. The first-order valence-electron chi connectivity index (χ1n) is 8.63. The minimum Gasteiger partial charge on any atom is -0.493 e.